The molecule has 0 aromatic heterocycles. The summed E-state index contributed by atoms with van der Waals surface area (Å²) in [5.41, 5.74) is 0.287. The standard InChI is InChI=1S/C13H17FN2O/c1-13(2,17-3)9-16-8-11-6-4-5-10(7-15)12(11)14/h4-6,16H,8-9H2,1-3H3. The first-order valence-corrected chi connectivity index (χ1v) is 5.43. The molecule has 1 aromatic carbocycles. The fourth-order valence-electron chi connectivity index (χ4n) is 1.37. The Morgan fingerprint density at radius 2 is 2.18 bits per heavy atom. The first-order chi connectivity index (χ1) is 8.00. The van der Waals surface area contributed by atoms with E-state index in [0.717, 1.165) is 0 Å². The molecule has 0 radical (unpaired) electrons. The summed E-state index contributed by atoms with van der Waals surface area (Å²) in [6.45, 7) is 4.89. The zero-order chi connectivity index (χ0) is 12.9. The molecule has 0 spiro atoms. The Balaban J connectivity index is 2.62. The van der Waals surface area contributed by atoms with Gasteiger partial charge in [-0.1, -0.05) is 12.1 Å². The molecule has 0 heterocycles. The fraction of sp³-hybridized carbons (Fsp3) is 0.462. The van der Waals surface area contributed by atoms with Gasteiger partial charge < -0.3 is 10.1 Å². The topological polar surface area (TPSA) is 45.0 Å². The minimum Gasteiger partial charge on any atom is -0.377 e. The number of nitriles is 1. The molecule has 0 aliphatic rings. The minimum atomic E-state index is -0.447. The van der Waals surface area contributed by atoms with E-state index in [0.29, 0.717) is 18.7 Å². The number of nitrogens with zero attached hydrogens (tertiary/aromatic N) is 1. The normalized spacial score (nSPS) is 11.2. The highest BCUT2D eigenvalue weighted by Crippen LogP contribution is 2.12. The molecule has 0 amide bonds. The van der Waals surface area contributed by atoms with Gasteiger partial charge in [-0.15, -0.1) is 0 Å². The molecule has 0 fully saturated rings. The number of halogens is 1. The van der Waals surface area contributed by atoms with Crippen LogP contribution >= 0.6 is 0 Å². The highest BCUT2D eigenvalue weighted by molar-refractivity contribution is 5.34. The van der Waals surface area contributed by atoms with Crippen LogP contribution in [-0.4, -0.2) is 19.3 Å². The van der Waals surface area contributed by atoms with Gasteiger partial charge in [-0.2, -0.15) is 5.26 Å². The maximum absolute atomic E-state index is 13.7. The molecule has 0 bridgehead atoms. The van der Waals surface area contributed by atoms with Crippen molar-refractivity contribution in [2.24, 2.45) is 0 Å². The molecular formula is C13H17FN2O. The molecule has 1 aromatic rings. The highest BCUT2D eigenvalue weighted by Gasteiger charge is 2.15. The van der Waals surface area contributed by atoms with E-state index in [9.17, 15) is 4.39 Å². The Hall–Kier alpha value is -1.44. The van der Waals surface area contributed by atoms with Gasteiger partial charge in [0.25, 0.3) is 0 Å². The fourth-order valence-corrected chi connectivity index (χ4v) is 1.37. The lowest BCUT2D eigenvalue weighted by Gasteiger charge is -2.23. The third-order valence-electron chi connectivity index (χ3n) is 2.62. The Kier molecular flexibility index (Phi) is 4.62. The van der Waals surface area contributed by atoms with Crippen LogP contribution in [0.15, 0.2) is 18.2 Å². The summed E-state index contributed by atoms with van der Waals surface area (Å²) in [5.74, 6) is -0.447. The monoisotopic (exact) mass is 236 g/mol. The van der Waals surface area contributed by atoms with Crippen molar-refractivity contribution in [1.29, 1.82) is 5.26 Å². The largest absolute Gasteiger partial charge is 0.377 e. The van der Waals surface area contributed by atoms with Gasteiger partial charge in [0.1, 0.15) is 11.9 Å². The summed E-state index contributed by atoms with van der Waals surface area (Å²) < 4.78 is 18.9. The van der Waals surface area contributed by atoms with Crippen LogP contribution in [-0.2, 0) is 11.3 Å². The molecule has 0 saturated heterocycles. The first-order valence-electron chi connectivity index (χ1n) is 5.43. The zero-order valence-electron chi connectivity index (χ0n) is 10.4. The average molecular weight is 236 g/mol. The van der Waals surface area contributed by atoms with Gasteiger partial charge in [-0.05, 0) is 19.9 Å². The molecule has 17 heavy (non-hydrogen) atoms. The third-order valence-corrected chi connectivity index (χ3v) is 2.62. The van der Waals surface area contributed by atoms with E-state index in [2.05, 4.69) is 5.32 Å². The van der Waals surface area contributed by atoms with Crippen LogP contribution in [0.4, 0.5) is 4.39 Å². The number of methoxy groups -OCH3 is 1. The van der Waals surface area contributed by atoms with Gasteiger partial charge in [-0.25, -0.2) is 4.39 Å². The smallest absolute Gasteiger partial charge is 0.145 e. The van der Waals surface area contributed by atoms with Crippen LogP contribution in [0.25, 0.3) is 0 Å². The molecule has 0 unspecified atom stereocenters. The molecule has 3 nitrogen and oxygen atoms in total. The number of ether oxygens (including phenoxy) is 1. The van der Waals surface area contributed by atoms with Crippen LogP contribution in [0.5, 0.6) is 0 Å². The van der Waals surface area contributed by atoms with Crippen molar-refractivity contribution in [1.82, 2.24) is 5.32 Å². The predicted octanol–water partition coefficient (Wildman–Crippen LogP) is 2.21. The first kappa shape index (κ1) is 13.6. The van der Waals surface area contributed by atoms with E-state index < -0.39 is 5.82 Å². The maximum atomic E-state index is 13.7. The lowest BCUT2D eigenvalue weighted by atomic mass is 10.1. The summed E-state index contributed by atoms with van der Waals surface area (Å²) in [6.07, 6.45) is 0. The molecule has 0 aliphatic heterocycles. The quantitative estimate of drug-likeness (QED) is 0.852. The molecule has 0 aliphatic carbocycles. The Morgan fingerprint density at radius 1 is 1.47 bits per heavy atom. The molecule has 4 heteroatoms. The zero-order valence-corrected chi connectivity index (χ0v) is 10.4. The van der Waals surface area contributed by atoms with E-state index in [-0.39, 0.29) is 11.2 Å². The summed E-state index contributed by atoms with van der Waals surface area (Å²) in [5, 5.41) is 11.8. The third kappa shape index (κ3) is 3.81. The van der Waals surface area contributed by atoms with Gasteiger partial charge >= 0.3 is 0 Å². The van der Waals surface area contributed by atoms with Gasteiger partial charge in [0.2, 0.25) is 0 Å². The maximum Gasteiger partial charge on any atom is 0.145 e. The van der Waals surface area contributed by atoms with Crippen LogP contribution in [0.3, 0.4) is 0 Å². The number of nitrogens with one attached hydrogen (secondary N) is 1. The second kappa shape index (κ2) is 5.76. The van der Waals surface area contributed by atoms with Crippen molar-refractivity contribution in [3.8, 4) is 6.07 Å². The van der Waals surface area contributed by atoms with E-state index in [1.165, 1.54) is 6.07 Å². The summed E-state index contributed by atoms with van der Waals surface area (Å²) >= 11 is 0. The van der Waals surface area contributed by atoms with Crippen molar-refractivity contribution in [3.63, 3.8) is 0 Å². The van der Waals surface area contributed by atoms with Gasteiger partial charge in [0.15, 0.2) is 0 Å². The molecule has 1 rings (SSSR count). The van der Waals surface area contributed by atoms with E-state index in [1.807, 2.05) is 19.9 Å². The molecular weight excluding hydrogens is 219 g/mol. The van der Waals surface area contributed by atoms with E-state index >= 15 is 0 Å². The van der Waals surface area contributed by atoms with Crippen molar-refractivity contribution in [3.05, 3.63) is 35.1 Å². The number of hydrogen-bond donors (Lipinski definition) is 1. The van der Waals surface area contributed by atoms with Crippen LogP contribution < -0.4 is 5.32 Å². The number of rotatable bonds is 5. The predicted molar refractivity (Wildman–Crippen MR) is 63.9 cm³/mol. The van der Waals surface area contributed by atoms with E-state index in [4.69, 9.17) is 10.00 Å². The Bertz CT molecular complexity index is 424. The van der Waals surface area contributed by atoms with Crippen LogP contribution in [0, 0.1) is 17.1 Å². The van der Waals surface area contributed by atoms with Gasteiger partial charge in [0, 0.05) is 25.8 Å². The van der Waals surface area contributed by atoms with Crippen LogP contribution in [0.1, 0.15) is 25.0 Å². The summed E-state index contributed by atoms with van der Waals surface area (Å²) in [4.78, 5) is 0. The van der Waals surface area contributed by atoms with Gasteiger partial charge in [-0.3, -0.25) is 0 Å². The summed E-state index contributed by atoms with van der Waals surface area (Å²) in [6, 6.07) is 6.65. The second-order valence-corrected chi connectivity index (χ2v) is 4.46. The van der Waals surface area contributed by atoms with Crippen molar-refractivity contribution >= 4 is 0 Å². The van der Waals surface area contributed by atoms with Crippen molar-refractivity contribution in [2.45, 2.75) is 26.0 Å². The number of benzene rings is 1. The van der Waals surface area contributed by atoms with Crippen molar-refractivity contribution < 1.29 is 9.13 Å². The second-order valence-electron chi connectivity index (χ2n) is 4.46. The number of hydrogen-bond acceptors (Lipinski definition) is 3. The SMILES string of the molecule is COC(C)(C)CNCc1cccc(C#N)c1F. The lowest BCUT2D eigenvalue weighted by Crippen LogP contribution is -2.36. The Morgan fingerprint density at radius 3 is 2.76 bits per heavy atom. The van der Waals surface area contributed by atoms with Crippen molar-refractivity contribution in [2.75, 3.05) is 13.7 Å². The van der Waals surface area contributed by atoms with Crippen LogP contribution in [0.2, 0.25) is 0 Å². The molecule has 1 N–H and O–H groups in total. The van der Waals surface area contributed by atoms with E-state index in [1.54, 1.807) is 19.2 Å². The molecule has 92 valence electrons. The summed E-state index contributed by atoms with van der Waals surface area (Å²) in [7, 11) is 1.64. The molecule has 0 atom stereocenters. The molecule has 0 saturated carbocycles. The van der Waals surface area contributed by atoms with Gasteiger partial charge in [0.05, 0.1) is 11.2 Å². The lowest BCUT2D eigenvalue weighted by molar-refractivity contribution is 0.0230. The Labute approximate surface area is 101 Å². The highest BCUT2D eigenvalue weighted by atomic mass is 19.1. The average Bonchev–Trinajstić information content (AvgIpc) is 2.31. The minimum absolute atomic E-state index is 0.0790.